The van der Waals surface area contributed by atoms with Crippen molar-refractivity contribution in [3.63, 3.8) is 0 Å². The van der Waals surface area contributed by atoms with Crippen molar-refractivity contribution in [1.29, 1.82) is 0 Å². The Morgan fingerprint density at radius 3 is 0.907 bits per heavy atom. The molecule has 24 rings (SSSR count). The molecule has 12 aliphatic carbocycles. The van der Waals surface area contributed by atoms with E-state index in [0.29, 0.717) is 37.2 Å². The van der Waals surface area contributed by atoms with Crippen LogP contribution in [0.2, 0.25) is 0 Å². The molecule has 0 amide bonds. The second kappa shape index (κ2) is 29.9. The molecule has 0 saturated carbocycles. The van der Waals surface area contributed by atoms with E-state index >= 15 is 0 Å². The first-order valence-electron chi connectivity index (χ1n) is 42.9. The molecule has 8 bridgehead atoms. The van der Waals surface area contributed by atoms with E-state index in [-0.39, 0.29) is 47.3 Å². The van der Waals surface area contributed by atoms with E-state index in [2.05, 4.69) is 310 Å². The van der Waals surface area contributed by atoms with Crippen molar-refractivity contribution < 1.29 is 19.7 Å². The highest BCUT2D eigenvalue weighted by Gasteiger charge is 2.53. The van der Waals surface area contributed by atoms with Gasteiger partial charge in [0.2, 0.25) is 0 Å². The fourth-order valence-electron chi connectivity index (χ4n) is 21.5. The molecule has 0 spiro atoms. The fourth-order valence-corrected chi connectivity index (χ4v) is 21.5. The predicted octanol–water partition coefficient (Wildman–Crippen LogP) is 23.3. The topological polar surface area (TPSA) is 58.9 Å². The van der Waals surface area contributed by atoms with Crippen LogP contribution in [0.5, 0.6) is 11.5 Å². The Hall–Kier alpha value is -12.5. The minimum Gasteiger partial charge on any atom is -0.493 e. The van der Waals surface area contributed by atoms with Gasteiger partial charge in [-0.15, -0.1) is 5.92 Å². The zero-order valence-corrected chi connectivity index (χ0v) is 68.6. The number of hydrogen-bond donors (Lipinski definition) is 2. The quantitative estimate of drug-likeness (QED) is 0.0841. The summed E-state index contributed by atoms with van der Waals surface area (Å²) >= 11 is 0. The maximum Gasteiger partial charge on any atom is 0.135 e. The zero-order chi connectivity index (χ0) is 80.2. The summed E-state index contributed by atoms with van der Waals surface area (Å²) in [7, 11) is 0. The molecule has 2 N–H and O–H groups in total. The van der Waals surface area contributed by atoms with Crippen molar-refractivity contribution in [3.8, 4) is 82.5 Å². The third-order valence-corrected chi connectivity index (χ3v) is 26.2. The first kappa shape index (κ1) is 74.3. The number of ether oxygens (including phenoxy) is 2. The molecule has 0 saturated heterocycles. The average molecular weight is 1530 g/mol. The molecule has 0 aromatic heterocycles. The van der Waals surface area contributed by atoms with Crippen LogP contribution in [-0.4, -0.2) is 34.6 Å². The monoisotopic (exact) mass is 1530 g/mol. The summed E-state index contributed by atoms with van der Waals surface area (Å²) in [4.78, 5) is 0. The number of benzene rings is 12. The number of rotatable bonds is 14. The van der Waals surface area contributed by atoms with Gasteiger partial charge in [-0.05, 0) is 230 Å². The van der Waals surface area contributed by atoms with Gasteiger partial charge in [0.05, 0.1) is 18.8 Å². The van der Waals surface area contributed by atoms with Crippen LogP contribution in [0, 0.1) is 78.0 Å². The molecule has 12 aliphatic rings. The Balaban J connectivity index is 0.779. The molecule has 0 heterocycles. The molecule has 0 unspecified atom stereocenters. The minimum atomic E-state index is -1.33. The predicted molar refractivity (Wildman–Crippen MR) is 475 cm³/mol. The van der Waals surface area contributed by atoms with Gasteiger partial charge < -0.3 is 19.7 Å². The second-order valence-corrected chi connectivity index (χ2v) is 34.6. The molecule has 0 atom stereocenters. The van der Waals surface area contributed by atoms with Crippen molar-refractivity contribution in [1.82, 2.24) is 0 Å². The molecular formula is C114H94O4. The third kappa shape index (κ3) is 12.3. The molecule has 574 valence electrons. The normalized spacial score (nSPS) is 18.1. The molecule has 118 heavy (non-hydrogen) atoms. The van der Waals surface area contributed by atoms with E-state index in [1.807, 2.05) is 6.92 Å². The van der Waals surface area contributed by atoms with Gasteiger partial charge in [-0.2, -0.15) is 0 Å². The molecule has 0 aliphatic heterocycles. The zero-order valence-electron chi connectivity index (χ0n) is 68.6. The highest BCUT2D eigenvalue weighted by Crippen LogP contribution is 2.67. The Kier molecular flexibility index (Phi) is 18.8. The van der Waals surface area contributed by atoms with Gasteiger partial charge in [0.15, 0.2) is 0 Å². The van der Waals surface area contributed by atoms with Gasteiger partial charge in [-0.1, -0.05) is 312 Å². The van der Waals surface area contributed by atoms with Crippen LogP contribution in [0.25, 0.3) is 0 Å². The molecule has 12 aromatic rings. The molecule has 4 heteroatoms. The smallest absolute Gasteiger partial charge is 0.135 e. The second-order valence-electron chi connectivity index (χ2n) is 34.6. The van der Waals surface area contributed by atoms with Gasteiger partial charge in [0.25, 0.3) is 0 Å². The highest BCUT2D eigenvalue weighted by atomic mass is 16.5. The van der Waals surface area contributed by atoms with Crippen molar-refractivity contribution >= 4 is 0 Å². The van der Waals surface area contributed by atoms with Crippen LogP contribution in [-0.2, 0) is 6.42 Å². The van der Waals surface area contributed by atoms with Gasteiger partial charge in [-0.25, -0.2) is 0 Å². The van der Waals surface area contributed by atoms with Gasteiger partial charge in [-0.3, -0.25) is 0 Å². The van der Waals surface area contributed by atoms with E-state index < -0.39 is 11.2 Å². The van der Waals surface area contributed by atoms with Crippen molar-refractivity contribution in [2.24, 2.45) is 0 Å². The molecule has 0 radical (unpaired) electrons. The fraction of sp³-hybridized carbons (Fsp3) is 0.263. The van der Waals surface area contributed by atoms with Crippen LogP contribution in [0.1, 0.15) is 343 Å². The number of unbranched alkanes of at least 4 members (excludes halogenated alkanes) is 6. The third-order valence-electron chi connectivity index (χ3n) is 26.2. The lowest BCUT2D eigenvalue weighted by Crippen LogP contribution is -2.35. The van der Waals surface area contributed by atoms with Crippen molar-refractivity contribution in [2.75, 3.05) is 13.2 Å². The maximum absolute atomic E-state index is 11.6. The minimum absolute atomic E-state index is 0.0657. The number of hydrogen-bond acceptors (Lipinski definition) is 4. The van der Waals surface area contributed by atoms with E-state index in [4.69, 9.17) is 9.47 Å². The van der Waals surface area contributed by atoms with Crippen LogP contribution in [0.3, 0.4) is 0 Å². The Bertz CT molecular complexity index is 6190. The van der Waals surface area contributed by atoms with Gasteiger partial charge >= 0.3 is 0 Å². The van der Waals surface area contributed by atoms with E-state index in [0.717, 1.165) is 88.1 Å². The standard InChI is InChI=1S/C114H94O4/c1-9-12-14-34-63-117-95-68-74(96(65-69(95)4)118-64-35-15-13-10-2)56-58-94-111-103-87-50-30-22-42-79(87)99(80-43-23-31-51-88(80)103)107(111)92(108-100-81-44-24-32-52-89(81)104(112(94)108)90-53-33-25-45-82(90)100)54-17-16-37-70-66-73(60-62-114(7,8)116)71(67-72(70)59-61-113(5,6)115)55-57-93-109-101-83-46-26-18-38-75(83)97(76-39-19-27-47-84(76)101)105(109)91(36-11-3)106-98-77-40-20-28-48-85(77)102(110(93)106)86-49-29-21-41-78(86)98/h18-33,38-53,65-68,97-104,115-116H,9-10,12-16,34-35,37,63-64H2,1-8H3. The van der Waals surface area contributed by atoms with Crippen LogP contribution >= 0.6 is 0 Å². The summed E-state index contributed by atoms with van der Waals surface area (Å²) in [6, 6.07) is 81.3. The summed E-state index contributed by atoms with van der Waals surface area (Å²) in [5.74, 6) is 45.9. The first-order chi connectivity index (χ1) is 57.7. The highest BCUT2D eigenvalue weighted by molar-refractivity contribution is 5.86. The lowest BCUT2D eigenvalue weighted by atomic mass is 9.53. The lowest BCUT2D eigenvalue weighted by Gasteiger charge is -2.48. The molecule has 4 nitrogen and oxygen atoms in total. The van der Waals surface area contributed by atoms with E-state index in [9.17, 15) is 10.2 Å². The van der Waals surface area contributed by atoms with Crippen LogP contribution in [0.4, 0.5) is 0 Å². The summed E-state index contributed by atoms with van der Waals surface area (Å²) < 4.78 is 13.6. The summed E-state index contributed by atoms with van der Waals surface area (Å²) in [5, 5.41) is 23.2. The maximum atomic E-state index is 11.6. The van der Waals surface area contributed by atoms with E-state index in [1.54, 1.807) is 27.7 Å². The number of aryl methyl sites for hydroxylation is 2. The Morgan fingerprint density at radius 2 is 0.593 bits per heavy atom. The van der Waals surface area contributed by atoms with E-state index in [1.165, 1.54) is 153 Å². The molecular weight excluding hydrogens is 1430 g/mol. The van der Waals surface area contributed by atoms with Crippen molar-refractivity contribution in [2.45, 2.75) is 178 Å². The SMILES string of the molecule is CC#Cc1c2c(c(C#Cc3cc(C#CC(C)(C)O)c(CCC#Cc4c5c(c(C#Cc6cc(OCCCCCC)c(C)cc6OCCCCCC)c6c4C4c7ccccc7C6c6ccccc64)C4c6ccccc6C5c5ccccc54)cc3C#CC(C)(C)O)c3c1C1c4ccccc4C3c3ccccc31)C1c3ccccc3C2c2ccccc21. The van der Waals surface area contributed by atoms with Gasteiger partial charge in [0, 0.05) is 92.7 Å². The molecule has 0 fully saturated rings. The first-order valence-corrected chi connectivity index (χ1v) is 42.9. The van der Waals surface area contributed by atoms with Crippen LogP contribution in [0.15, 0.2) is 218 Å². The van der Waals surface area contributed by atoms with Gasteiger partial charge in [0.1, 0.15) is 22.7 Å². The largest absolute Gasteiger partial charge is 0.493 e. The lowest BCUT2D eigenvalue weighted by molar-refractivity contribution is 0.143. The van der Waals surface area contributed by atoms with Crippen LogP contribution < -0.4 is 9.47 Å². The Labute approximate surface area is 696 Å². The molecule has 12 aromatic carbocycles. The summed E-state index contributed by atoms with van der Waals surface area (Å²) in [6.45, 7) is 16.8. The van der Waals surface area contributed by atoms with Crippen molar-refractivity contribution in [3.05, 3.63) is 408 Å². The number of aliphatic hydroxyl groups is 2. The summed E-state index contributed by atoms with van der Waals surface area (Å²) in [6.07, 6.45) is 9.85. The average Bonchev–Trinajstić information content (AvgIpc) is 0.670. The summed E-state index contributed by atoms with van der Waals surface area (Å²) in [5.41, 5.74) is 37.5. The Morgan fingerprint density at radius 1 is 0.305 bits per heavy atom.